The minimum atomic E-state index is -1.12. The average molecular weight is 282 g/mol. The van der Waals surface area contributed by atoms with Crippen LogP contribution in [0.5, 0.6) is 5.75 Å². The first-order valence-corrected chi connectivity index (χ1v) is 5.67. The molecule has 108 valence electrons. The number of carbonyl (C=O) groups is 3. The number of rotatable bonds is 7. The van der Waals surface area contributed by atoms with E-state index in [-0.39, 0.29) is 30.6 Å². The number of benzene rings is 1. The molecule has 0 amide bonds. The van der Waals surface area contributed by atoms with Crippen LogP contribution in [-0.2, 0) is 33.6 Å². The van der Waals surface area contributed by atoms with Crippen molar-refractivity contribution >= 4 is 17.9 Å². The van der Waals surface area contributed by atoms with E-state index in [0.29, 0.717) is 11.1 Å². The van der Waals surface area contributed by atoms with E-state index in [1.807, 2.05) is 0 Å². The number of aliphatic carboxylic acids is 3. The van der Waals surface area contributed by atoms with Gasteiger partial charge in [0.15, 0.2) is 0 Å². The Kier molecular flexibility index (Phi) is 5.08. The SMILES string of the molecule is COc1cc(CC(=O)O)c(CC(=O)O)cc1CC(=O)O. The molecule has 1 aromatic rings. The lowest BCUT2D eigenvalue weighted by molar-refractivity contribution is -0.137. The van der Waals surface area contributed by atoms with Gasteiger partial charge in [-0.3, -0.25) is 14.4 Å². The molecule has 0 aliphatic rings. The van der Waals surface area contributed by atoms with Gasteiger partial charge in [0.2, 0.25) is 0 Å². The highest BCUT2D eigenvalue weighted by Gasteiger charge is 2.16. The summed E-state index contributed by atoms with van der Waals surface area (Å²) in [6.07, 6.45) is -1.06. The first kappa shape index (κ1) is 15.5. The van der Waals surface area contributed by atoms with E-state index >= 15 is 0 Å². The van der Waals surface area contributed by atoms with Crippen molar-refractivity contribution in [2.24, 2.45) is 0 Å². The maximum Gasteiger partial charge on any atom is 0.307 e. The summed E-state index contributed by atoms with van der Waals surface area (Å²) in [6.45, 7) is 0. The minimum absolute atomic E-state index is 0.234. The third-order valence-corrected chi connectivity index (χ3v) is 2.63. The van der Waals surface area contributed by atoms with E-state index in [2.05, 4.69) is 0 Å². The maximum atomic E-state index is 10.8. The average Bonchev–Trinajstić information content (AvgIpc) is 2.30. The number of hydrogen-bond acceptors (Lipinski definition) is 4. The van der Waals surface area contributed by atoms with Crippen LogP contribution in [0, 0.1) is 0 Å². The zero-order chi connectivity index (χ0) is 15.3. The van der Waals surface area contributed by atoms with Gasteiger partial charge in [0.25, 0.3) is 0 Å². The number of hydrogen-bond donors (Lipinski definition) is 3. The molecule has 0 saturated carbocycles. The highest BCUT2D eigenvalue weighted by molar-refractivity contribution is 5.76. The second-order valence-electron chi connectivity index (χ2n) is 4.14. The zero-order valence-corrected chi connectivity index (χ0v) is 10.8. The van der Waals surface area contributed by atoms with Gasteiger partial charge >= 0.3 is 17.9 Å². The fourth-order valence-corrected chi connectivity index (χ4v) is 1.86. The van der Waals surface area contributed by atoms with E-state index in [4.69, 9.17) is 20.1 Å². The van der Waals surface area contributed by atoms with Crippen LogP contribution < -0.4 is 4.74 Å². The van der Waals surface area contributed by atoms with Crippen molar-refractivity contribution in [3.8, 4) is 5.75 Å². The Morgan fingerprint density at radius 2 is 1.25 bits per heavy atom. The first-order chi connectivity index (χ1) is 9.33. The molecule has 0 aromatic heterocycles. The molecule has 0 unspecified atom stereocenters. The molecule has 0 heterocycles. The zero-order valence-electron chi connectivity index (χ0n) is 10.8. The predicted octanol–water partition coefficient (Wildman–Crippen LogP) is 0.576. The molecule has 0 radical (unpaired) electrons. The predicted molar refractivity (Wildman–Crippen MR) is 67.0 cm³/mol. The van der Waals surface area contributed by atoms with Crippen molar-refractivity contribution < 1.29 is 34.4 Å². The fourth-order valence-electron chi connectivity index (χ4n) is 1.86. The van der Waals surface area contributed by atoms with Gasteiger partial charge in [0.05, 0.1) is 26.4 Å². The van der Waals surface area contributed by atoms with Crippen molar-refractivity contribution in [3.63, 3.8) is 0 Å². The lowest BCUT2D eigenvalue weighted by Gasteiger charge is -2.13. The smallest absolute Gasteiger partial charge is 0.307 e. The largest absolute Gasteiger partial charge is 0.496 e. The van der Waals surface area contributed by atoms with E-state index in [9.17, 15) is 14.4 Å². The summed E-state index contributed by atoms with van der Waals surface area (Å²) >= 11 is 0. The second-order valence-corrected chi connectivity index (χ2v) is 4.14. The highest BCUT2D eigenvalue weighted by Crippen LogP contribution is 2.25. The molecule has 0 spiro atoms. The number of carboxylic acids is 3. The number of carboxylic acid groups (broad SMARTS) is 3. The lowest BCUT2D eigenvalue weighted by Crippen LogP contribution is -2.11. The summed E-state index contributed by atoms with van der Waals surface area (Å²) in [4.78, 5) is 32.4. The Bertz CT molecular complexity index is 548. The minimum Gasteiger partial charge on any atom is -0.496 e. The molecule has 7 nitrogen and oxygen atoms in total. The molecule has 1 aromatic carbocycles. The summed E-state index contributed by atoms with van der Waals surface area (Å²) in [6, 6.07) is 2.75. The summed E-state index contributed by atoms with van der Waals surface area (Å²) in [5, 5.41) is 26.5. The lowest BCUT2D eigenvalue weighted by atomic mass is 9.96. The molecular formula is C13H14O7. The van der Waals surface area contributed by atoms with Crippen LogP contribution >= 0.6 is 0 Å². The molecule has 3 N–H and O–H groups in total. The molecule has 1 rings (SSSR count). The third kappa shape index (κ3) is 4.27. The van der Waals surface area contributed by atoms with Gasteiger partial charge in [0, 0.05) is 5.56 Å². The summed E-state index contributed by atoms with van der Waals surface area (Å²) < 4.78 is 5.02. The molecule has 0 fully saturated rings. The van der Waals surface area contributed by atoms with Gasteiger partial charge in [-0.1, -0.05) is 6.07 Å². The Morgan fingerprint density at radius 3 is 1.65 bits per heavy atom. The molecular weight excluding hydrogens is 268 g/mol. The quantitative estimate of drug-likeness (QED) is 0.668. The van der Waals surface area contributed by atoms with E-state index in [1.165, 1.54) is 19.2 Å². The highest BCUT2D eigenvalue weighted by atomic mass is 16.5. The monoisotopic (exact) mass is 282 g/mol. The van der Waals surface area contributed by atoms with Crippen molar-refractivity contribution in [3.05, 3.63) is 28.8 Å². The topological polar surface area (TPSA) is 121 Å². The maximum absolute atomic E-state index is 10.8. The first-order valence-electron chi connectivity index (χ1n) is 5.67. The second kappa shape index (κ2) is 6.55. The Labute approximate surface area is 114 Å². The van der Waals surface area contributed by atoms with E-state index in [1.54, 1.807) is 0 Å². The Hall–Kier alpha value is -2.57. The van der Waals surface area contributed by atoms with Crippen molar-refractivity contribution in [1.82, 2.24) is 0 Å². The van der Waals surface area contributed by atoms with Gasteiger partial charge < -0.3 is 20.1 Å². The van der Waals surface area contributed by atoms with Crippen LogP contribution in [0.1, 0.15) is 16.7 Å². The molecule has 0 bridgehead atoms. The standard InChI is InChI=1S/C13H14O7/c1-20-10-3-8(5-12(16)17)7(4-11(14)15)2-9(10)6-13(18)19/h2-3H,4-6H2,1H3,(H,14,15)(H,16,17)(H,18,19). The fraction of sp³-hybridized carbons (Fsp3) is 0.308. The van der Waals surface area contributed by atoms with Crippen LogP contribution in [0.25, 0.3) is 0 Å². The van der Waals surface area contributed by atoms with Gasteiger partial charge in [0.1, 0.15) is 5.75 Å². The summed E-state index contributed by atoms with van der Waals surface area (Å²) in [5.41, 5.74) is 0.883. The molecule has 0 aliphatic carbocycles. The Balaban J connectivity index is 3.30. The van der Waals surface area contributed by atoms with Crippen LogP contribution in [-0.4, -0.2) is 40.3 Å². The Morgan fingerprint density at radius 1 is 0.850 bits per heavy atom. The molecule has 0 atom stereocenters. The molecule has 0 aliphatic heterocycles. The number of methoxy groups -OCH3 is 1. The number of ether oxygens (including phenoxy) is 1. The van der Waals surface area contributed by atoms with Crippen LogP contribution in [0.3, 0.4) is 0 Å². The van der Waals surface area contributed by atoms with Crippen LogP contribution in [0.2, 0.25) is 0 Å². The van der Waals surface area contributed by atoms with Gasteiger partial charge in [-0.05, 0) is 17.2 Å². The van der Waals surface area contributed by atoms with Gasteiger partial charge in [-0.2, -0.15) is 0 Å². The normalized spacial score (nSPS) is 10.1. The van der Waals surface area contributed by atoms with Crippen molar-refractivity contribution in [1.29, 1.82) is 0 Å². The van der Waals surface area contributed by atoms with Crippen molar-refractivity contribution in [2.75, 3.05) is 7.11 Å². The van der Waals surface area contributed by atoms with Crippen LogP contribution in [0.4, 0.5) is 0 Å². The van der Waals surface area contributed by atoms with Gasteiger partial charge in [-0.15, -0.1) is 0 Å². The molecule has 0 saturated heterocycles. The van der Waals surface area contributed by atoms with E-state index < -0.39 is 17.9 Å². The summed E-state index contributed by atoms with van der Waals surface area (Å²) in [5.74, 6) is -3.08. The third-order valence-electron chi connectivity index (χ3n) is 2.63. The summed E-state index contributed by atoms with van der Waals surface area (Å²) in [7, 11) is 1.34. The van der Waals surface area contributed by atoms with Crippen molar-refractivity contribution in [2.45, 2.75) is 19.3 Å². The van der Waals surface area contributed by atoms with Crippen LogP contribution in [0.15, 0.2) is 12.1 Å². The molecule has 20 heavy (non-hydrogen) atoms. The van der Waals surface area contributed by atoms with Gasteiger partial charge in [-0.25, -0.2) is 0 Å². The molecule has 7 heteroatoms. The van der Waals surface area contributed by atoms with E-state index in [0.717, 1.165) is 0 Å².